The zero-order valence-electron chi connectivity index (χ0n) is 10.4. The lowest BCUT2D eigenvalue weighted by Gasteiger charge is -2.24. The molecule has 3 rings (SSSR count). The predicted molar refractivity (Wildman–Crippen MR) is 62.4 cm³/mol. The highest BCUT2D eigenvalue weighted by atomic mass is 16.7. The number of carbonyl (C=O) groups excluding carboxylic acids is 1. The monoisotopic (exact) mass is 253 g/mol. The summed E-state index contributed by atoms with van der Waals surface area (Å²) in [6, 6.07) is 0. The molecule has 5 nitrogen and oxygen atoms in total. The Morgan fingerprint density at radius 3 is 2.28 bits per heavy atom. The Balaban J connectivity index is 1.58. The van der Waals surface area contributed by atoms with Gasteiger partial charge < -0.3 is 5.11 Å². The highest BCUT2D eigenvalue weighted by Gasteiger charge is 2.61. The summed E-state index contributed by atoms with van der Waals surface area (Å²) >= 11 is 0. The van der Waals surface area contributed by atoms with Gasteiger partial charge in [0.15, 0.2) is 0 Å². The second kappa shape index (κ2) is 3.95. The molecule has 3 aliphatic rings. The van der Waals surface area contributed by atoms with E-state index in [0.29, 0.717) is 44.6 Å². The molecule has 0 heterocycles. The molecule has 0 aromatic heterocycles. The standard InChI is InChI=1S/C13H19NO4/c15-10(14-18-7-9-1-2-9)12-3-5-13(8-12,6-4-12)11(16)17/h9H,1-8H2,(H,14,15)(H,16,17). The molecular formula is C13H19NO4. The van der Waals surface area contributed by atoms with Gasteiger partial charge in [0.05, 0.1) is 17.4 Å². The van der Waals surface area contributed by atoms with Crippen LogP contribution in [0.15, 0.2) is 0 Å². The molecule has 3 saturated carbocycles. The first kappa shape index (κ1) is 12.0. The van der Waals surface area contributed by atoms with Gasteiger partial charge in [-0.05, 0) is 50.9 Å². The lowest BCUT2D eigenvalue weighted by Crippen LogP contribution is -2.38. The van der Waals surface area contributed by atoms with Crippen molar-refractivity contribution < 1.29 is 19.5 Å². The summed E-state index contributed by atoms with van der Waals surface area (Å²) in [5, 5.41) is 9.28. The summed E-state index contributed by atoms with van der Waals surface area (Å²) in [5.74, 6) is -0.245. The zero-order chi connectivity index (χ0) is 12.8. The topological polar surface area (TPSA) is 75.6 Å². The third-order valence-electron chi connectivity index (χ3n) is 4.96. The van der Waals surface area contributed by atoms with Gasteiger partial charge in [0.25, 0.3) is 0 Å². The van der Waals surface area contributed by atoms with Gasteiger partial charge in [-0.2, -0.15) is 0 Å². The van der Waals surface area contributed by atoms with E-state index < -0.39 is 16.8 Å². The molecule has 100 valence electrons. The number of rotatable bonds is 5. The third kappa shape index (κ3) is 1.81. The van der Waals surface area contributed by atoms with E-state index >= 15 is 0 Å². The molecule has 3 fully saturated rings. The molecule has 0 spiro atoms. The number of amides is 1. The van der Waals surface area contributed by atoms with Crippen LogP contribution in [0.4, 0.5) is 0 Å². The molecule has 2 N–H and O–H groups in total. The van der Waals surface area contributed by atoms with Crippen LogP contribution >= 0.6 is 0 Å². The highest BCUT2D eigenvalue weighted by molar-refractivity contribution is 5.86. The van der Waals surface area contributed by atoms with E-state index in [9.17, 15) is 14.7 Å². The van der Waals surface area contributed by atoms with Crippen molar-refractivity contribution in [1.82, 2.24) is 5.48 Å². The SMILES string of the molecule is O=C(O)C12CCC(C(=O)NOCC3CC3)(CC1)C2. The third-order valence-corrected chi connectivity index (χ3v) is 4.96. The largest absolute Gasteiger partial charge is 0.481 e. The van der Waals surface area contributed by atoms with Gasteiger partial charge in [0, 0.05) is 0 Å². The normalized spacial score (nSPS) is 37.8. The first-order chi connectivity index (χ1) is 8.56. The van der Waals surface area contributed by atoms with Crippen LogP contribution in [0.5, 0.6) is 0 Å². The molecule has 2 bridgehead atoms. The van der Waals surface area contributed by atoms with Crippen LogP contribution in [-0.4, -0.2) is 23.6 Å². The van der Waals surface area contributed by atoms with Gasteiger partial charge in [-0.15, -0.1) is 0 Å². The number of aliphatic carboxylic acids is 1. The van der Waals surface area contributed by atoms with Gasteiger partial charge in [0.2, 0.25) is 5.91 Å². The van der Waals surface area contributed by atoms with Crippen molar-refractivity contribution in [3.8, 4) is 0 Å². The van der Waals surface area contributed by atoms with Crippen LogP contribution in [0.1, 0.15) is 44.9 Å². The number of hydrogen-bond donors (Lipinski definition) is 2. The van der Waals surface area contributed by atoms with Crippen molar-refractivity contribution in [2.75, 3.05) is 6.61 Å². The summed E-state index contributed by atoms with van der Waals surface area (Å²) < 4.78 is 0. The lowest BCUT2D eigenvalue weighted by molar-refractivity contribution is -0.148. The van der Waals surface area contributed by atoms with Crippen molar-refractivity contribution in [2.24, 2.45) is 16.7 Å². The van der Waals surface area contributed by atoms with Crippen molar-refractivity contribution in [3.63, 3.8) is 0 Å². The number of hydrogen-bond acceptors (Lipinski definition) is 3. The van der Waals surface area contributed by atoms with Gasteiger partial charge >= 0.3 is 5.97 Å². The number of fused-ring (bicyclic) bond motifs is 2. The molecule has 0 aromatic rings. The van der Waals surface area contributed by atoms with Gasteiger partial charge in [-0.25, -0.2) is 5.48 Å². The zero-order valence-corrected chi connectivity index (χ0v) is 10.4. The van der Waals surface area contributed by atoms with E-state index in [1.165, 1.54) is 12.8 Å². The van der Waals surface area contributed by atoms with Crippen LogP contribution in [-0.2, 0) is 14.4 Å². The second-order valence-electron chi connectivity index (χ2n) is 6.23. The van der Waals surface area contributed by atoms with Crippen molar-refractivity contribution >= 4 is 11.9 Å². The molecule has 0 aliphatic heterocycles. The van der Waals surface area contributed by atoms with E-state index in [1.54, 1.807) is 0 Å². The van der Waals surface area contributed by atoms with E-state index in [1.807, 2.05) is 0 Å². The maximum atomic E-state index is 12.2. The minimum atomic E-state index is -0.742. The number of carboxylic acid groups (broad SMARTS) is 1. The first-order valence-corrected chi connectivity index (χ1v) is 6.72. The Kier molecular flexibility index (Phi) is 2.62. The maximum absolute atomic E-state index is 12.2. The summed E-state index contributed by atoms with van der Waals surface area (Å²) in [5.41, 5.74) is 1.41. The Bertz CT molecular complexity index is 380. The van der Waals surface area contributed by atoms with Crippen LogP contribution in [0.2, 0.25) is 0 Å². The second-order valence-corrected chi connectivity index (χ2v) is 6.23. The number of hydroxylamine groups is 1. The van der Waals surface area contributed by atoms with Gasteiger partial charge in [-0.3, -0.25) is 14.4 Å². The minimum absolute atomic E-state index is 0.108. The fourth-order valence-corrected chi connectivity index (χ4v) is 3.42. The van der Waals surface area contributed by atoms with Crippen LogP contribution in [0.3, 0.4) is 0 Å². The Morgan fingerprint density at radius 1 is 1.17 bits per heavy atom. The fraction of sp³-hybridized carbons (Fsp3) is 0.846. The lowest BCUT2D eigenvalue weighted by atomic mass is 9.82. The molecule has 0 unspecified atom stereocenters. The molecule has 0 radical (unpaired) electrons. The molecular weight excluding hydrogens is 234 g/mol. The Labute approximate surface area is 106 Å². The molecule has 0 aromatic carbocycles. The van der Waals surface area contributed by atoms with Gasteiger partial charge in [0.1, 0.15) is 0 Å². The minimum Gasteiger partial charge on any atom is -0.481 e. The molecule has 3 aliphatic carbocycles. The Morgan fingerprint density at radius 2 is 1.78 bits per heavy atom. The van der Waals surface area contributed by atoms with Crippen LogP contribution < -0.4 is 5.48 Å². The van der Waals surface area contributed by atoms with E-state index in [0.717, 1.165) is 0 Å². The first-order valence-electron chi connectivity index (χ1n) is 6.72. The quantitative estimate of drug-likeness (QED) is 0.728. The number of carbonyl (C=O) groups is 2. The van der Waals surface area contributed by atoms with Crippen LogP contribution in [0.25, 0.3) is 0 Å². The summed E-state index contributed by atoms with van der Waals surface area (Å²) in [7, 11) is 0. The van der Waals surface area contributed by atoms with E-state index in [4.69, 9.17) is 4.84 Å². The predicted octanol–water partition coefficient (Wildman–Crippen LogP) is 1.48. The smallest absolute Gasteiger partial charge is 0.309 e. The molecule has 0 saturated heterocycles. The average Bonchev–Trinajstić information content (AvgIpc) is 2.98. The van der Waals surface area contributed by atoms with Crippen molar-refractivity contribution in [1.29, 1.82) is 0 Å². The Hall–Kier alpha value is -1.10. The average molecular weight is 253 g/mol. The number of carboxylic acids is 1. The summed E-state index contributed by atoms with van der Waals surface area (Å²) in [6.45, 7) is 0.589. The summed E-state index contributed by atoms with van der Waals surface area (Å²) in [6.07, 6.45) is 5.45. The highest BCUT2D eigenvalue weighted by Crippen LogP contribution is 2.61. The number of nitrogens with one attached hydrogen (secondary N) is 1. The fourth-order valence-electron chi connectivity index (χ4n) is 3.42. The van der Waals surface area contributed by atoms with E-state index in [-0.39, 0.29) is 5.91 Å². The van der Waals surface area contributed by atoms with Crippen LogP contribution in [0, 0.1) is 16.7 Å². The van der Waals surface area contributed by atoms with Crippen molar-refractivity contribution in [3.05, 3.63) is 0 Å². The molecule has 5 heteroatoms. The molecule has 1 amide bonds. The maximum Gasteiger partial charge on any atom is 0.309 e. The van der Waals surface area contributed by atoms with E-state index in [2.05, 4.69) is 5.48 Å². The van der Waals surface area contributed by atoms with Crippen molar-refractivity contribution in [2.45, 2.75) is 44.9 Å². The summed E-state index contributed by atoms with van der Waals surface area (Å²) in [4.78, 5) is 28.7. The molecule has 18 heavy (non-hydrogen) atoms. The molecule has 0 atom stereocenters. The van der Waals surface area contributed by atoms with Gasteiger partial charge in [-0.1, -0.05) is 0 Å².